The Kier molecular flexibility index (Phi) is 6.62. The second kappa shape index (κ2) is 8.91. The number of rotatable bonds is 5. The zero-order chi connectivity index (χ0) is 21.4. The molecule has 0 spiro atoms. The van der Waals surface area contributed by atoms with E-state index in [1.807, 2.05) is 7.11 Å². The molecule has 3 aliphatic heterocycles. The molecule has 3 aliphatic rings. The Balaban J connectivity index is 1.57. The lowest BCUT2D eigenvalue weighted by Gasteiger charge is -2.33. The van der Waals surface area contributed by atoms with Crippen LogP contribution in [0.2, 0.25) is 0 Å². The first-order valence-electron chi connectivity index (χ1n) is 11.6. The Morgan fingerprint density at radius 2 is 1.63 bits per heavy atom. The lowest BCUT2D eigenvalue weighted by atomic mass is 9.76. The van der Waals surface area contributed by atoms with Gasteiger partial charge in [-0.2, -0.15) is 0 Å². The molecule has 0 atom stereocenters. The number of piperidine rings is 1. The molecule has 3 heterocycles. The van der Waals surface area contributed by atoms with Crippen molar-refractivity contribution in [2.24, 2.45) is 0 Å². The fourth-order valence-corrected chi connectivity index (χ4v) is 4.84. The van der Waals surface area contributed by atoms with E-state index in [0.717, 1.165) is 64.0 Å². The van der Waals surface area contributed by atoms with Crippen LogP contribution in [0.1, 0.15) is 70.4 Å². The number of hydrogen-bond acceptors (Lipinski definition) is 5. The van der Waals surface area contributed by atoms with Gasteiger partial charge in [-0.15, -0.1) is 0 Å². The summed E-state index contributed by atoms with van der Waals surface area (Å²) >= 11 is 0. The Labute approximate surface area is 182 Å². The van der Waals surface area contributed by atoms with Crippen LogP contribution < -0.4 is 5.46 Å². The van der Waals surface area contributed by atoms with Gasteiger partial charge in [-0.3, -0.25) is 4.90 Å². The molecule has 166 valence electrons. The van der Waals surface area contributed by atoms with Crippen LogP contribution in [0.3, 0.4) is 0 Å². The van der Waals surface area contributed by atoms with Gasteiger partial charge in [0.1, 0.15) is 0 Å². The average Bonchev–Trinajstić information content (AvgIpc) is 2.96. The summed E-state index contributed by atoms with van der Waals surface area (Å²) in [4.78, 5) is 2.57. The molecule has 3 saturated heterocycles. The molecule has 5 nitrogen and oxygen atoms in total. The van der Waals surface area contributed by atoms with Crippen molar-refractivity contribution in [3.05, 3.63) is 29.3 Å². The maximum atomic E-state index is 6.34. The molecule has 0 saturated carbocycles. The molecule has 4 rings (SSSR count). The van der Waals surface area contributed by atoms with Crippen molar-refractivity contribution in [3.63, 3.8) is 0 Å². The van der Waals surface area contributed by atoms with E-state index in [-0.39, 0.29) is 18.3 Å². The van der Waals surface area contributed by atoms with Gasteiger partial charge in [0.2, 0.25) is 0 Å². The van der Waals surface area contributed by atoms with E-state index < -0.39 is 0 Å². The average molecular weight is 415 g/mol. The van der Waals surface area contributed by atoms with Gasteiger partial charge in [-0.1, -0.05) is 18.2 Å². The summed E-state index contributed by atoms with van der Waals surface area (Å²) in [6, 6.07) is 6.89. The predicted octanol–water partition coefficient (Wildman–Crippen LogP) is 3.49. The molecule has 1 aromatic rings. The Morgan fingerprint density at radius 1 is 1.00 bits per heavy atom. The van der Waals surface area contributed by atoms with Crippen molar-refractivity contribution < 1.29 is 18.8 Å². The maximum Gasteiger partial charge on any atom is 0.494 e. The Morgan fingerprint density at radius 3 is 2.23 bits per heavy atom. The summed E-state index contributed by atoms with van der Waals surface area (Å²) in [5.74, 6) is 0.581. The van der Waals surface area contributed by atoms with E-state index in [1.54, 1.807) is 0 Å². The summed E-state index contributed by atoms with van der Waals surface area (Å²) in [5, 5.41) is 0. The van der Waals surface area contributed by atoms with Gasteiger partial charge in [0.25, 0.3) is 0 Å². The van der Waals surface area contributed by atoms with Crippen molar-refractivity contribution in [2.75, 3.05) is 33.4 Å². The number of benzene rings is 1. The molecule has 1 aromatic carbocycles. The second-order valence-corrected chi connectivity index (χ2v) is 10.1. The topological polar surface area (TPSA) is 40.2 Å². The van der Waals surface area contributed by atoms with Crippen molar-refractivity contribution >= 4 is 12.6 Å². The minimum Gasteiger partial charge on any atom is -0.399 e. The lowest BCUT2D eigenvalue weighted by molar-refractivity contribution is 0.00578. The number of ether oxygens (including phenoxy) is 2. The SMILES string of the molecule is COC1CCN(Cc2cc(B3OC(C)(C)C(C)(C)O3)ccc2C2CCOCC2)CC1. The maximum absolute atomic E-state index is 6.34. The third-order valence-electron chi connectivity index (χ3n) is 7.62. The molecule has 0 unspecified atom stereocenters. The molecule has 0 N–H and O–H groups in total. The lowest BCUT2D eigenvalue weighted by Crippen LogP contribution is -2.41. The molecule has 0 radical (unpaired) electrons. The molecule has 3 fully saturated rings. The molecular formula is C24H38BNO4. The van der Waals surface area contributed by atoms with Gasteiger partial charge in [0, 0.05) is 40.0 Å². The molecule has 0 amide bonds. The number of methoxy groups -OCH3 is 1. The summed E-state index contributed by atoms with van der Waals surface area (Å²) in [7, 11) is 1.52. The van der Waals surface area contributed by atoms with Gasteiger partial charge in [0.05, 0.1) is 17.3 Å². The third-order valence-corrected chi connectivity index (χ3v) is 7.62. The van der Waals surface area contributed by atoms with Crippen LogP contribution in [-0.4, -0.2) is 62.7 Å². The highest BCUT2D eigenvalue weighted by atomic mass is 16.7. The minimum atomic E-state index is -0.320. The van der Waals surface area contributed by atoms with Gasteiger partial charge in [0.15, 0.2) is 0 Å². The van der Waals surface area contributed by atoms with Crippen LogP contribution in [-0.2, 0) is 25.3 Å². The van der Waals surface area contributed by atoms with Crippen LogP contribution in [0.25, 0.3) is 0 Å². The zero-order valence-electron chi connectivity index (χ0n) is 19.4. The van der Waals surface area contributed by atoms with E-state index in [2.05, 4.69) is 50.8 Å². The molecule has 0 aromatic heterocycles. The van der Waals surface area contributed by atoms with E-state index in [4.69, 9.17) is 18.8 Å². The predicted molar refractivity (Wildman–Crippen MR) is 120 cm³/mol. The third kappa shape index (κ3) is 4.63. The quantitative estimate of drug-likeness (QED) is 0.689. The van der Waals surface area contributed by atoms with Gasteiger partial charge >= 0.3 is 7.12 Å². The van der Waals surface area contributed by atoms with Gasteiger partial charge < -0.3 is 18.8 Å². The minimum absolute atomic E-state index is 0.309. The normalized spacial score (nSPS) is 25.7. The van der Waals surface area contributed by atoms with E-state index >= 15 is 0 Å². The second-order valence-electron chi connectivity index (χ2n) is 10.1. The van der Waals surface area contributed by atoms with Crippen LogP contribution in [0.15, 0.2) is 18.2 Å². The summed E-state index contributed by atoms with van der Waals surface area (Å²) in [6.07, 6.45) is 4.84. The smallest absolute Gasteiger partial charge is 0.399 e. The standard InChI is InChI=1S/C24H38BNO4/c1-23(2)24(3,4)30-25(29-23)20-6-7-22(18-10-14-28-15-11-18)19(16-20)17-26-12-8-21(27-5)9-13-26/h6-7,16,18,21H,8-15,17H2,1-5H3. The van der Waals surface area contributed by atoms with Crippen LogP contribution in [0.5, 0.6) is 0 Å². The first kappa shape index (κ1) is 22.3. The van der Waals surface area contributed by atoms with Gasteiger partial charge in [-0.25, -0.2) is 0 Å². The number of likely N-dealkylation sites (tertiary alicyclic amines) is 1. The van der Waals surface area contributed by atoms with Gasteiger partial charge in [-0.05, 0) is 75.9 Å². The Bertz CT molecular complexity index is 708. The Hall–Kier alpha value is -0.915. The first-order chi connectivity index (χ1) is 14.3. The van der Waals surface area contributed by atoms with Crippen molar-refractivity contribution in [1.29, 1.82) is 0 Å². The van der Waals surface area contributed by atoms with Crippen molar-refractivity contribution in [2.45, 2.75) is 83.1 Å². The molecule has 6 heteroatoms. The first-order valence-corrected chi connectivity index (χ1v) is 11.6. The highest BCUT2D eigenvalue weighted by Crippen LogP contribution is 2.37. The highest BCUT2D eigenvalue weighted by Gasteiger charge is 2.51. The van der Waals surface area contributed by atoms with Crippen LogP contribution in [0.4, 0.5) is 0 Å². The molecular weight excluding hydrogens is 377 g/mol. The van der Waals surface area contributed by atoms with E-state index in [9.17, 15) is 0 Å². The van der Waals surface area contributed by atoms with Crippen LogP contribution in [0, 0.1) is 0 Å². The van der Waals surface area contributed by atoms with Crippen LogP contribution >= 0.6 is 0 Å². The summed E-state index contributed by atoms with van der Waals surface area (Å²) < 4.78 is 23.9. The fraction of sp³-hybridized carbons (Fsp3) is 0.750. The summed E-state index contributed by atoms with van der Waals surface area (Å²) in [5.41, 5.74) is 3.39. The molecule has 0 bridgehead atoms. The number of nitrogens with zero attached hydrogens (tertiary/aromatic N) is 1. The van der Waals surface area contributed by atoms with Crippen molar-refractivity contribution in [3.8, 4) is 0 Å². The monoisotopic (exact) mass is 415 g/mol. The molecule has 30 heavy (non-hydrogen) atoms. The van der Waals surface area contributed by atoms with Crippen molar-refractivity contribution in [1.82, 2.24) is 4.90 Å². The van der Waals surface area contributed by atoms with E-state index in [0.29, 0.717) is 12.0 Å². The van der Waals surface area contributed by atoms with E-state index in [1.165, 1.54) is 11.1 Å². The fourth-order valence-electron chi connectivity index (χ4n) is 4.84. The zero-order valence-corrected chi connectivity index (χ0v) is 19.4. The largest absolute Gasteiger partial charge is 0.494 e. The summed E-state index contributed by atoms with van der Waals surface area (Å²) in [6.45, 7) is 13.4. The highest BCUT2D eigenvalue weighted by molar-refractivity contribution is 6.62. The number of hydrogen-bond donors (Lipinski definition) is 0. The molecule has 0 aliphatic carbocycles.